The highest BCUT2D eigenvalue weighted by Crippen LogP contribution is 2.33. The number of esters is 1. The van der Waals surface area contributed by atoms with E-state index in [1.807, 2.05) is 18.2 Å². The molecule has 0 bridgehead atoms. The number of ether oxygens (including phenoxy) is 1. The van der Waals surface area contributed by atoms with E-state index in [0.29, 0.717) is 17.0 Å². The lowest BCUT2D eigenvalue weighted by molar-refractivity contribution is 0.0599. The van der Waals surface area contributed by atoms with Crippen LogP contribution >= 0.6 is 31.9 Å². The number of aryl methyl sites for hydroxylation is 1. The predicted molar refractivity (Wildman–Crippen MR) is 73.4 cm³/mol. The van der Waals surface area contributed by atoms with Crippen LogP contribution in [0.1, 0.15) is 16.1 Å². The van der Waals surface area contributed by atoms with E-state index in [0.717, 1.165) is 14.5 Å². The SMILES string of the molecule is COC(=O)c1c(-c2ccc(Br)cc2Br)noc1C. The Morgan fingerprint density at radius 2 is 2.11 bits per heavy atom. The van der Waals surface area contributed by atoms with Crippen LogP contribution < -0.4 is 0 Å². The first kappa shape index (κ1) is 13.3. The molecule has 0 N–H and O–H groups in total. The van der Waals surface area contributed by atoms with Crippen LogP contribution in [0.2, 0.25) is 0 Å². The summed E-state index contributed by atoms with van der Waals surface area (Å²) in [6.45, 7) is 1.68. The largest absolute Gasteiger partial charge is 0.465 e. The number of benzene rings is 1. The number of methoxy groups -OCH3 is 1. The molecule has 18 heavy (non-hydrogen) atoms. The number of aromatic nitrogens is 1. The molecule has 0 amide bonds. The monoisotopic (exact) mass is 373 g/mol. The Balaban J connectivity index is 2.61. The van der Waals surface area contributed by atoms with E-state index in [9.17, 15) is 4.79 Å². The van der Waals surface area contributed by atoms with Crippen molar-refractivity contribution in [1.82, 2.24) is 5.16 Å². The number of hydrogen-bond donors (Lipinski definition) is 0. The number of nitrogens with zero attached hydrogens (tertiary/aromatic N) is 1. The maximum atomic E-state index is 11.7. The normalized spacial score (nSPS) is 10.4. The lowest BCUT2D eigenvalue weighted by Gasteiger charge is -2.03. The Bertz CT molecular complexity index is 607. The second-order valence-corrected chi connectivity index (χ2v) is 5.35. The van der Waals surface area contributed by atoms with Gasteiger partial charge >= 0.3 is 5.97 Å². The van der Waals surface area contributed by atoms with E-state index in [1.54, 1.807) is 6.92 Å². The molecule has 2 aromatic rings. The van der Waals surface area contributed by atoms with Crippen LogP contribution in [0.4, 0.5) is 0 Å². The van der Waals surface area contributed by atoms with Gasteiger partial charge in [0.2, 0.25) is 0 Å². The Morgan fingerprint density at radius 3 is 2.72 bits per heavy atom. The number of rotatable bonds is 2. The Morgan fingerprint density at radius 1 is 1.39 bits per heavy atom. The van der Waals surface area contributed by atoms with Gasteiger partial charge in [-0.25, -0.2) is 4.79 Å². The number of hydrogen-bond acceptors (Lipinski definition) is 4. The summed E-state index contributed by atoms with van der Waals surface area (Å²) in [6, 6.07) is 5.59. The molecular formula is C12H9Br2NO3. The molecule has 0 spiro atoms. The highest BCUT2D eigenvalue weighted by atomic mass is 79.9. The van der Waals surface area contributed by atoms with Crippen molar-refractivity contribution in [1.29, 1.82) is 0 Å². The fourth-order valence-corrected chi connectivity index (χ4v) is 2.81. The lowest BCUT2D eigenvalue weighted by Crippen LogP contribution is -2.03. The van der Waals surface area contributed by atoms with Crippen molar-refractivity contribution in [2.24, 2.45) is 0 Å². The van der Waals surface area contributed by atoms with Crippen molar-refractivity contribution in [3.8, 4) is 11.3 Å². The molecule has 1 aromatic carbocycles. The molecule has 0 atom stereocenters. The second-order valence-electron chi connectivity index (χ2n) is 3.58. The standard InChI is InChI=1S/C12H9Br2NO3/c1-6-10(12(16)17-2)11(15-18-6)8-4-3-7(13)5-9(8)14/h3-5H,1-2H3. The molecule has 6 heteroatoms. The molecule has 0 radical (unpaired) electrons. The van der Waals surface area contributed by atoms with Crippen LogP contribution in [0.5, 0.6) is 0 Å². The van der Waals surface area contributed by atoms with Crippen LogP contribution in [0, 0.1) is 6.92 Å². The third-order valence-electron chi connectivity index (χ3n) is 2.44. The summed E-state index contributed by atoms with van der Waals surface area (Å²) >= 11 is 6.80. The maximum Gasteiger partial charge on any atom is 0.343 e. The first-order valence-corrected chi connectivity index (χ1v) is 6.63. The summed E-state index contributed by atoms with van der Waals surface area (Å²) in [7, 11) is 1.33. The summed E-state index contributed by atoms with van der Waals surface area (Å²) in [4.78, 5) is 11.7. The van der Waals surface area contributed by atoms with Gasteiger partial charge in [-0.1, -0.05) is 43.1 Å². The minimum absolute atomic E-state index is 0.348. The van der Waals surface area contributed by atoms with Crippen LogP contribution in [0.3, 0.4) is 0 Å². The molecular weight excluding hydrogens is 366 g/mol. The molecule has 1 aromatic heterocycles. The first-order chi connectivity index (χ1) is 8.54. The zero-order chi connectivity index (χ0) is 13.3. The molecule has 0 aliphatic carbocycles. The molecule has 2 rings (SSSR count). The summed E-state index contributed by atoms with van der Waals surface area (Å²) in [5, 5.41) is 3.92. The van der Waals surface area contributed by atoms with E-state index in [4.69, 9.17) is 9.26 Å². The average molecular weight is 375 g/mol. The van der Waals surface area contributed by atoms with E-state index in [2.05, 4.69) is 37.0 Å². The minimum atomic E-state index is -0.460. The highest BCUT2D eigenvalue weighted by molar-refractivity contribution is 9.11. The minimum Gasteiger partial charge on any atom is -0.465 e. The maximum absolute atomic E-state index is 11.7. The quantitative estimate of drug-likeness (QED) is 0.746. The summed E-state index contributed by atoms with van der Waals surface area (Å²) < 4.78 is 11.6. The van der Waals surface area contributed by atoms with Gasteiger partial charge < -0.3 is 9.26 Å². The van der Waals surface area contributed by atoms with E-state index in [-0.39, 0.29) is 0 Å². The Hall–Kier alpha value is -1.14. The van der Waals surface area contributed by atoms with Gasteiger partial charge in [0, 0.05) is 14.5 Å². The van der Waals surface area contributed by atoms with Crippen molar-refractivity contribution in [3.05, 3.63) is 38.5 Å². The third kappa shape index (κ3) is 2.35. The fraction of sp³-hybridized carbons (Fsp3) is 0.167. The van der Waals surface area contributed by atoms with Crippen molar-refractivity contribution in [2.75, 3.05) is 7.11 Å². The topological polar surface area (TPSA) is 52.3 Å². The lowest BCUT2D eigenvalue weighted by atomic mass is 10.1. The molecule has 0 saturated carbocycles. The van der Waals surface area contributed by atoms with Gasteiger partial charge in [0.15, 0.2) is 0 Å². The second kappa shape index (κ2) is 5.24. The molecule has 0 saturated heterocycles. The smallest absolute Gasteiger partial charge is 0.343 e. The number of halogens is 2. The number of carbonyl (C=O) groups excluding carboxylic acids is 1. The highest BCUT2D eigenvalue weighted by Gasteiger charge is 2.23. The van der Waals surface area contributed by atoms with Crippen molar-refractivity contribution < 1.29 is 14.1 Å². The van der Waals surface area contributed by atoms with Gasteiger partial charge in [-0.3, -0.25) is 0 Å². The van der Waals surface area contributed by atoms with Gasteiger partial charge in [0.1, 0.15) is 17.0 Å². The van der Waals surface area contributed by atoms with Crippen molar-refractivity contribution >= 4 is 37.8 Å². The van der Waals surface area contributed by atoms with Gasteiger partial charge in [-0.2, -0.15) is 0 Å². The molecule has 0 unspecified atom stereocenters. The molecule has 94 valence electrons. The molecule has 0 fully saturated rings. The van der Waals surface area contributed by atoms with Crippen LogP contribution in [0.15, 0.2) is 31.7 Å². The zero-order valence-electron chi connectivity index (χ0n) is 9.66. The summed E-state index contributed by atoms with van der Waals surface area (Å²) in [5.41, 5.74) is 1.59. The van der Waals surface area contributed by atoms with Crippen molar-refractivity contribution in [3.63, 3.8) is 0 Å². The molecule has 4 nitrogen and oxygen atoms in total. The van der Waals surface area contributed by atoms with Crippen LogP contribution in [-0.4, -0.2) is 18.2 Å². The summed E-state index contributed by atoms with van der Waals surface area (Å²) in [5.74, 6) is -0.0229. The van der Waals surface area contributed by atoms with Gasteiger partial charge in [0.05, 0.1) is 7.11 Å². The van der Waals surface area contributed by atoms with Gasteiger partial charge in [-0.15, -0.1) is 0 Å². The predicted octanol–water partition coefficient (Wildman–Crippen LogP) is 3.96. The van der Waals surface area contributed by atoms with Crippen LogP contribution in [-0.2, 0) is 4.74 Å². The summed E-state index contributed by atoms with van der Waals surface area (Å²) in [6.07, 6.45) is 0. The molecule has 1 heterocycles. The fourth-order valence-electron chi connectivity index (χ4n) is 1.58. The Labute approximate surface area is 121 Å². The molecule has 0 aliphatic heterocycles. The van der Waals surface area contributed by atoms with E-state index < -0.39 is 5.97 Å². The Kier molecular flexibility index (Phi) is 3.87. The van der Waals surface area contributed by atoms with Crippen LogP contribution in [0.25, 0.3) is 11.3 Å². The van der Waals surface area contributed by atoms with Gasteiger partial charge in [-0.05, 0) is 19.1 Å². The molecule has 0 aliphatic rings. The first-order valence-electron chi connectivity index (χ1n) is 5.04. The third-order valence-corrected chi connectivity index (χ3v) is 3.59. The zero-order valence-corrected chi connectivity index (χ0v) is 12.8. The van der Waals surface area contributed by atoms with E-state index in [1.165, 1.54) is 7.11 Å². The average Bonchev–Trinajstić information content (AvgIpc) is 2.70. The number of carbonyl (C=O) groups is 1. The van der Waals surface area contributed by atoms with Gasteiger partial charge in [0.25, 0.3) is 0 Å². The van der Waals surface area contributed by atoms with Crippen molar-refractivity contribution in [2.45, 2.75) is 6.92 Å². The van der Waals surface area contributed by atoms with E-state index >= 15 is 0 Å².